The van der Waals surface area contributed by atoms with E-state index in [1.54, 1.807) is 41.9 Å². The Hall–Kier alpha value is -12.6. The molecule has 0 aromatic carbocycles. The molecule has 27 nitrogen and oxygen atoms in total. The predicted octanol–water partition coefficient (Wildman–Crippen LogP) is 9.04. The van der Waals surface area contributed by atoms with Crippen LogP contribution in [0.5, 0.6) is 0 Å². The first-order valence-corrected chi connectivity index (χ1v) is 38.1. The number of anilines is 3. The van der Waals surface area contributed by atoms with E-state index in [4.69, 9.17) is 19.9 Å². The monoisotopic (exact) mass is 1480 g/mol. The van der Waals surface area contributed by atoms with Crippen LogP contribution in [0.3, 0.4) is 0 Å². The maximum absolute atomic E-state index is 12.8. The van der Waals surface area contributed by atoms with E-state index in [-0.39, 0.29) is 22.2 Å². The number of hydrogen-bond acceptors (Lipinski definition) is 19. The summed E-state index contributed by atoms with van der Waals surface area (Å²) in [5.74, 6) is 0.508. The number of hydrogen-bond donors (Lipinski definition) is 2. The molecule has 2 N–H and O–H groups in total. The molecule has 4 saturated heterocycles. The Morgan fingerprint density at radius 1 is 0.333 bits per heavy atom. The van der Waals surface area contributed by atoms with E-state index in [1.807, 2.05) is 199 Å². The number of nitrogens with one attached hydrogen (secondary N) is 2. The molecular formula is C84H87N23O4. The first-order chi connectivity index (χ1) is 54.0. The van der Waals surface area contributed by atoms with E-state index in [2.05, 4.69) is 87.2 Å². The van der Waals surface area contributed by atoms with Crippen LogP contribution in [-0.2, 0) is 0 Å². The Morgan fingerprint density at radius 2 is 0.649 bits per heavy atom. The Morgan fingerprint density at radius 3 is 1.00 bits per heavy atom. The number of rotatable bonds is 9. The quantitative estimate of drug-likeness (QED) is 0.137. The lowest BCUT2D eigenvalue weighted by Crippen LogP contribution is -2.46. The molecule has 20 heterocycles. The van der Waals surface area contributed by atoms with Crippen molar-refractivity contribution in [1.29, 1.82) is 0 Å². The van der Waals surface area contributed by atoms with Crippen molar-refractivity contribution in [2.24, 2.45) is 0 Å². The second kappa shape index (κ2) is 30.5. The summed E-state index contributed by atoms with van der Waals surface area (Å²) in [6, 6.07) is 38.1. The Balaban J connectivity index is 0.000000108. The molecule has 20 rings (SSSR count). The molecule has 27 heteroatoms. The van der Waals surface area contributed by atoms with Crippen LogP contribution in [0.2, 0.25) is 0 Å². The third kappa shape index (κ3) is 15.2. The molecule has 0 bridgehead atoms. The van der Waals surface area contributed by atoms with Crippen molar-refractivity contribution in [3.05, 3.63) is 265 Å². The Bertz CT molecular complexity index is 6240. The Kier molecular flexibility index (Phi) is 19.6. The van der Waals surface area contributed by atoms with Gasteiger partial charge in [0.15, 0.2) is 0 Å². The highest BCUT2D eigenvalue weighted by molar-refractivity contribution is 5.71. The minimum Gasteiger partial charge on any atom is -0.368 e. The summed E-state index contributed by atoms with van der Waals surface area (Å²) in [5, 5.41) is 6.73. The molecular weight excluding hydrogens is 1400 g/mol. The highest BCUT2D eigenvalue weighted by Gasteiger charge is 2.22. The fraction of sp³-hybridized carbons (Fsp3) is 0.286. The van der Waals surface area contributed by atoms with Gasteiger partial charge in [-0.2, -0.15) is 0 Å². The lowest BCUT2D eigenvalue weighted by molar-refractivity contribution is 0.271. The molecule has 4 aliphatic heterocycles. The molecule has 111 heavy (non-hydrogen) atoms. The van der Waals surface area contributed by atoms with Crippen molar-refractivity contribution in [2.75, 3.05) is 120 Å². The van der Waals surface area contributed by atoms with Crippen LogP contribution in [0.25, 0.3) is 90.2 Å². The molecule has 4 fully saturated rings. The summed E-state index contributed by atoms with van der Waals surface area (Å²) in [6.45, 7) is 25.0. The number of imidazole rings is 4. The van der Waals surface area contributed by atoms with Gasteiger partial charge in [0.2, 0.25) is 0 Å². The second-order valence-corrected chi connectivity index (χ2v) is 29.2. The first-order valence-electron chi connectivity index (χ1n) is 38.1. The number of likely N-dealkylation sites (N-methyl/N-ethyl adjacent to an activating group) is 2. The predicted molar refractivity (Wildman–Crippen MR) is 436 cm³/mol. The number of piperazine rings is 3. The standard InChI is InChI=1S/C22H24N6O.C21H22N6O.C21H21N5O.C20H20N6O/c1-3-25-8-10-26(11-9-25)18-4-5-20-24-19(13-22(29)28(20)15-18)17-6-7-27-14-16(2)23-21(27)12-17;1-15-13-26-6-5-16(11-20(26)22-15)18-12-21(28)27-14-17(3-4-19(27)23-18)25-9-7-24(2)8-10-25;1-14-12-25-9-6-16(10-20(25)23-14)18-11-21(27)26-13-17(2-3-19(26)24-18)15-4-7-22-8-5-15;1-14-12-25-7-4-15(10-19(25)22-14)17-11-20(27)26-13-16(2-3-18(26)23-17)24-8-5-21-6-9-24/h4-7,12-15H,3,8-11H2,1-2H3;3-6,11-14H,7-10H2,1-2H3;2-3,6,9-13,15,22H,4-5,7-8H2,1H3;2-4,7,10-13,21H,5-6,8-9H2,1H3. The van der Waals surface area contributed by atoms with Gasteiger partial charge in [-0.1, -0.05) is 13.0 Å². The van der Waals surface area contributed by atoms with Gasteiger partial charge in [-0.25, -0.2) is 39.9 Å². The van der Waals surface area contributed by atoms with Gasteiger partial charge in [0, 0.05) is 199 Å². The maximum Gasteiger partial charge on any atom is 0.258 e. The van der Waals surface area contributed by atoms with Gasteiger partial charge in [0.05, 0.1) is 62.6 Å². The number of pyridine rings is 8. The van der Waals surface area contributed by atoms with Gasteiger partial charge in [-0.15, -0.1) is 0 Å². The summed E-state index contributed by atoms with van der Waals surface area (Å²) in [7, 11) is 2.13. The molecule has 4 aliphatic rings. The fourth-order valence-electron chi connectivity index (χ4n) is 15.3. The van der Waals surface area contributed by atoms with Crippen LogP contribution in [0.15, 0.2) is 215 Å². The molecule has 0 spiro atoms. The maximum atomic E-state index is 12.8. The first kappa shape index (κ1) is 71.4. The highest BCUT2D eigenvalue weighted by atomic mass is 16.1. The third-order valence-corrected chi connectivity index (χ3v) is 21.5. The van der Waals surface area contributed by atoms with Crippen molar-refractivity contribution in [1.82, 2.24) is 95.5 Å². The topological polar surface area (TPSA) is 247 Å². The minimum absolute atomic E-state index is 0.0508. The zero-order valence-corrected chi connectivity index (χ0v) is 63.1. The fourth-order valence-corrected chi connectivity index (χ4v) is 15.3. The lowest BCUT2D eigenvalue weighted by atomic mass is 9.91. The van der Waals surface area contributed by atoms with E-state index < -0.39 is 0 Å². The number of nitrogens with zero attached hydrogens (tertiary/aromatic N) is 21. The van der Waals surface area contributed by atoms with Gasteiger partial charge >= 0.3 is 0 Å². The van der Waals surface area contributed by atoms with Gasteiger partial charge in [0.1, 0.15) is 45.2 Å². The number of piperidine rings is 1. The number of aryl methyl sites for hydroxylation is 4. The molecule has 0 saturated carbocycles. The van der Waals surface area contributed by atoms with E-state index in [0.29, 0.717) is 51.3 Å². The molecule has 0 amide bonds. The van der Waals surface area contributed by atoms with Crippen LogP contribution in [0, 0.1) is 27.7 Å². The van der Waals surface area contributed by atoms with Gasteiger partial charge in [-0.05, 0) is 170 Å². The van der Waals surface area contributed by atoms with Crippen molar-refractivity contribution < 1.29 is 0 Å². The van der Waals surface area contributed by atoms with Crippen LogP contribution in [0.4, 0.5) is 17.1 Å². The molecule has 0 aliphatic carbocycles. The zero-order chi connectivity index (χ0) is 76.0. The van der Waals surface area contributed by atoms with Crippen molar-refractivity contribution in [3.8, 4) is 45.0 Å². The minimum atomic E-state index is -0.0774. The molecule has 0 radical (unpaired) electrons. The molecule has 16 aromatic rings. The Labute approximate surface area is 638 Å². The zero-order valence-electron chi connectivity index (χ0n) is 63.1. The van der Waals surface area contributed by atoms with Crippen LogP contribution in [-0.4, -0.2) is 190 Å². The molecule has 0 unspecified atom stereocenters. The van der Waals surface area contributed by atoms with Crippen molar-refractivity contribution in [2.45, 2.75) is 53.4 Å². The second-order valence-electron chi connectivity index (χ2n) is 29.2. The van der Waals surface area contributed by atoms with E-state index >= 15 is 0 Å². The van der Waals surface area contributed by atoms with Crippen LogP contribution in [0.1, 0.15) is 54.0 Å². The van der Waals surface area contributed by atoms with Gasteiger partial charge in [0.25, 0.3) is 22.2 Å². The summed E-state index contributed by atoms with van der Waals surface area (Å²) < 4.78 is 14.4. The summed E-state index contributed by atoms with van der Waals surface area (Å²) in [6.07, 6.45) is 25.6. The van der Waals surface area contributed by atoms with Gasteiger partial charge < -0.3 is 52.7 Å². The average Bonchev–Trinajstić information content (AvgIpc) is 1.12. The highest BCUT2D eigenvalue weighted by Crippen LogP contribution is 2.29. The lowest BCUT2D eigenvalue weighted by Gasteiger charge is -2.35. The number of fused-ring (bicyclic) bond motifs is 8. The van der Waals surface area contributed by atoms with Gasteiger partial charge in [-0.3, -0.25) is 36.8 Å². The molecule has 0 atom stereocenters. The summed E-state index contributed by atoms with van der Waals surface area (Å²) in [4.78, 5) is 99.7. The van der Waals surface area contributed by atoms with Crippen molar-refractivity contribution >= 4 is 62.2 Å². The average molecular weight is 1480 g/mol. The molecule has 16 aromatic heterocycles. The van der Waals surface area contributed by atoms with Crippen LogP contribution < -0.4 is 47.6 Å². The summed E-state index contributed by atoms with van der Waals surface area (Å²) in [5.41, 5.74) is 20.2. The van der Waals surface area contributed by atoms with Crippen molar-refractivity contribution in [3.63, 3.8) is 0 Å². The molecule has 562 valence electrons. The summed E-state index contributed by atoms with van der Waals surface area (Å²) >= 11 is 0. The smallest absolute Gasteiger partial charge is 0.258 e. The van der Waals surface area contributed by atoms with E-state index in [0.717, 1.165) is 196 Å². The van der Waals surface area contributed by atoms with Crippen LogP contribution >= 0.6 is 0 Å². The number of aromatic nitrogens is 16. The SMILES string of the molecule is CCN1CCN(c2ccc3nc(-c4ccn5cc(C)nc5c4)cc(=O)n3c2)CC1.Cc1cn2ccc(-c3cc(=O)n4cc(C5CCNCC5)ccc4n3)cc2n1.Cc1cn2ccc(-c3cc(=O)n4cc(N5CCN(C)CC5)ccc4n3)cc2n1.Cc1cn2ccc(-c3cc(=O)n4cc(N5CCNCC5)ccc4n3)cc2n1. The van der Waals surface area contributed by atoms with E-state index in [1.165, 1.54) is 5.56 Å². The van der Waals surface area contributed by atoms with E-state index in [9.17, 15) is 19.2 Å². The largest absolute Gasteiger partial charge is 0.368 e. The normalized spacial score (nSPS) is 15.4. The third-order valence-electron chi connectivity index (χ3n) is 21.5.